The van der Waals surface area contributed by atoms with Crippen molar-refractivity contribution in [1.82, 2.24) is 4.90 Å². The lowest BCUT2D eigenvalue weighted by atomic mass is 9.73. The molecule has 4 heteroatoms. The maximum absolute atomic E-state index is 13.4. The summed E-state index contributed by atoms with van der Waals surface area (Å²) >= 11 is 0. The van der Waals surface area contributed by atoms with E-state index in [-0.39, 0.29) is 17.8 Å². The predicted octanol–water partition coefficient (Wildman–Crippen LogP) is 2.48. The lowest BCUT2D eigenvalue weighted by Crippen LogP contribution is -2.52. The van der Waals surface area contributed by atoms with Crippen LogP contribution in [0.4, 0.5) is 4.39 Å². The number of rotatable bonds is 5. The van der Waals surface area contributed by atoms with E-state index in [1.165, 1.54) is 6.07 Å². The molecular formula is C17H26FNO2. The van der Waals surface area contributed by atoms with Crippen molar-refractivity contribution in [3.05, 3.63) is 35.1 Å². The van der Waals surface area contributed by atoms with E-state index in [0.29, 0.717) is 13.1 Å². The standard InChI is InChI=1S/C17H26FNO2/c1-3-4-17(12-20)5-6-19(11-16(17)21)10-14-7-13(2)8-15(18)9-14/h7-9,16,20-21H,3-6,10-12H2,1-2H3/t16-,17-/m1/s1. The molecule has 1 saturated heterocycles. The highest BCUT2D eigenvalue weighted by Gasteiger charge is 2.40. The van der Waals surface area contributed by atoms with Gasteiger partial charge in [-0.15, -0.1) is 0 Å². The summed E-state index contributed by atoms with van der Waals surface area (Å²) < 4.78 is 13.4. The monoisotopic (exact) mass is 295 g/mol. The number of aliphatic hydroxyl groups excluding tert-OH is 2. The molecule has 1 aromatic carbocycles. The van der Waals surface area contributed by atoms with Gasteiger partial charge in [0.2, 0.25) is 0 Å². The number of hydrogen-bond acceptors (Lipinski definition) is 3. The Bertz CT molecular complexity index is 460. The van der Waals surface area contributed by atoms with Gasteiger partial charge in [0.05, 0.1) is 12.7 Å². The minimum Gasteiger partial charge on any atom is -0.396 e. The van der Waals surface area contributed by atoms with Crippen molar-refractivity contribution in [2.45, 2.75) is 45.8 Å². The number of halogens is 1. The summed E-state index contributed by atoms with van der Waals surface area (Å²) in [5.74, 6) is -0.210. The van der Waals surface area contributed by atoms with Crippen molar-refractivity contribution in [3.8, 4) is 0 Å². The first-order valence-electron chi connectivity index (χ1n) is 7.76. The maximum atomic E-state index is 13.4. The number of hydrogen-bond donors (Lipinski definition) is 2. The maximum Gasteiger partial charge on any atom is 0.123 e. The molecule has 2 atom stereocenters. The second-order valence-electron chi connectivity index (χ2n) is 6.41. The molecule has 1 heterocycles. The molecule has 1 fully saturated rings. The van der Waals surface area contributed by atoms with Gasteiger partial charge in [0.15, 0.2) is 0 Å². The van der Waals surface area contributed by atoms with Crippen LogP contribution < -0.4 is 0 Å². The van der Waals surface area contributed by atoms with Crippen molar-refractivity contribution in [2.75, 3.05) is 19.7 Å². The number of likely N-dealkylation sites (tertiary alicyclic amines) is 1. The number of benzene rings is 1. The molecule has 2 rings (SSSR count). The first kappa shape index (κ1) is 16.4. The lowest BCUT2D eigenvalue weighted by molar-refractivity contribution is -0.0802. The number of aliphatic hydroxyl groups is 2. The van der Waals surface area contributed by atoms with Gasteiger partial charge in [0, 0.05) is 18.5 Å². The van der Waals surface area contributed by atoms with E-state index in [2.05, 4.69) is 11.8 Å². The van der Waals surface area contributed by atoms with Crippen molar-refractivity contribution < 1.29 is 14.6 Å². The highest BCUT2D eigenvalue weighted by atomic mass is 19.1. The summed E-state index contributed by atoms with van der Waals surface area (Å²) in [5.41, 5.74) is 1.49. The van der Waals surface area contributed by atoms with E-state index in [1.807, 2.05) is 13.0 Å². The second-order valence-corrected chi connectivity index (χ2v) is 6.41. The van der Waals surface area contributed by atoms with E-state index >= 15 is 0 Å². The molecule has 0 radical (unpaired) electrons. The topological polar surface area (TPSA) is 43.7 Å². The Morgan fingerprint density at radius 1 is 1.38 bits per heavy atom. The van der Waals surface area contributed by atoms with Gasteiger partial charge in [-0.25, -0.2) is 4.39 Å². The molecule has 2 N–H and O–H groups in total. The Balaban J connectivity index is 2.02. The molecule has 0 amide bonds. The fourth-order valence-electron chi connectivity index (χ4n) is 3.44. The molecule has 0 bridgehead atoms. The van der Waals surface area contributed by atoms with Crippen LogP contribution in [-0.4, -0.2) is 40.9 Å². The third-order valence-electron chi connectivity index (χ3n) is 4.63. The van der Waals surface area contributed by atoms with Gasteiger partial charge in [-0.1, -0.05) is 19.4 Å². The molecule has 0 aromatic heterocycles. The average molecular weight is 295 g/mol. The summed E-state index contributed by atoms with van der Waals surface area (Å²) in [5, 5.41) is 20.1. The zero-order valence-electron chi connectivity index (χ0n) is 13.0. The van der Waals surface area contributed by atoms with Gasteiger partial charge >= 0.3 is 0 Å². The van der Waals surface area contributed by atoms with Gasteiger partial charge in [0.1, 0.15) is 5.82 Å². The van der Waals surface area contributed by atoms with Gasteiger partial charge < -0.3 is 10.2 Å². The Labute approximate surface area is 126 Å². The molecule has 0 aliphatic carbocycles. The Morgan fingerprint density at radius 2 is 2.14 bits per heavy atom. The SMILES string of the molecule is CCC[C@]1(CO)CCN(Cc2cc(C)cc(F)c2)C[C@H]1O. The fraction of sp³-hybridized carbons (Fsp3) is 0.647. The van der Waals surface area contributed by atoms with Crippen molar-refractivity contribution in [3.63, 3.8) is 0 Å². The highest BCUT2D eigenvalue weighted by molar-refractivity contribution is 5.23. The summed E-state index contributed by atoms with van der Waals surface area (Å²) in [6, 6.07) is 5.06. The molecule has 21 heavy (non-hydrogen) atoms. The molecule has 0 saturated carbocycles. The van der Waals surface area contributed by atoms with Crippen molar-refractivity contribution >= 4 is 0 Å². The molecule has 0 spiro atoms. The van der Waals surface area contributed by atoms with Crippen LogP contribution >= 0.6 is 0 Å². The first-order chi connectivity index (χ1) is 9.99. The molecule has 1 aliphatic rings. The quantitative estimate of drug-likeness (QED) is 0.877. The van der Waals surface area contributed by atoms with Crippen LogP contribution in [0.1, 0.15) is 37.3 Å². The molecule has 118 valence electrons. The van der Waals surface area contributed by atoms with E-state index in [4.69, 9.17) is 0 Å². The smallest absolute Gasteiger partial charge is 0.123 e. The predicted molar refractivity (Wildman–Crippen MR) is 81.5 cm³/mol. The van der Waals surface area contributed by atoms with Crippen LogP contribution in [0, 0.1) is 18.2 Å². The van der Waals surface area contributed by atoms with Crippen LogP contribution in [0.3, 0.4) is 0 Å². The zero-order chi connectivity index (χ0) is 15.5. The number of β-amino-alcohol motifs (C(OH)–C–C–N with tert-alkyl or cyclic N) is 1. The number of nitrogens with zero attached hydrogens (tertiary/aromatic N) is 1. The van der Waals surface area contributed by atoms with Gasteiger partial charge in [-0.2, -0.15) is 0 Å². The fourth-order valence-corrected chi connectivity index (χ4v) is 3.44. The normalized spacial score (nSPS) is 27.0. The largest absolute Gasteiger partial charge is 0.396 e. The Hall–Kier alpha value is -0.970. The van der Waals surface area contributed by atoms with Crippen LogP contribution in [0.5, 0.6) is 0 Å². The van der Waals surface area contributed by atoms with Gasteiger partial charge in [0.25, 0.3) is 0 Å². The third-order valence-corrected chi connectivity index (χ3v) is 4.63. The van der Waals surface area contributed by atoms with Crippen molar-refractivity contribution in [1.29, 1.82) is 0 Å². The lowest BCUT2D eigenvalue weighted by Gasteiger charge is -2.44. The summed E-state index contributed by atoms with van der Waals surface area (Å²) in [6.45, 7) is 6.00. The van der Waals surface area contributed by atoms with E-state index in [1.54, 1.807) is 6.07 Å². The van der Waals surface area contributed by atoms with E-state index in [9.17, 15) is 14.6 Å². The molecule has 3 nitrogen and oxygen atoms in total. The van der Waals surface area contributed by atoms with Gasteiger partial charge in [-0.3, -0.25) is 4.90 Å². The van der Waals surface area contributed by atoms with E-state index in [0.717, 1.165) is 36.9 Å². The molecular weight excluding hydrogens is 269 g/mol. The number of aryl methyl sites for hydroxylation is 1. The van der Waals surface area contributed by atoms with Crippen LogP contribution in [0.2, 0.25) is 0 Å². The van der Waals surface area contributed by atoms with Crippen LogP contribution in [0.25, 0.3) is 0 Å². The minimum atomic E-state index is -0.522. The summed E-state index contributed by atoms with van der Waals surface area (Å²) in [6.07, 6.45) is 2.07. The zero-order valence-corrected chi connectivity index (χ0v) is 13.0. The molecule has 1 aromatic rings. The van der Waals surface area contributed by atoms with Crippen LogP contribution in [0.15, 0.2) is 18.2 Å². The highest BCUT2D eigenvalue weighted by Crippen LogP contribution is 2.36. The van der Waals surface area contributed by atoms with Crippen LogP contribution in [-0.2, 0) is 6.54 Å². The van der Waals surface area contributed by atoms with E-state index < -0.39 is 6.10 Å². The molecule has 0 unspecified atom stereocenters. The summed E-state index contributed by atoms with van der Waals surface area (Å²) in [7, 11) is 0. The molecule has 1 aliphatic heterocycles. The Kier molecular flexibility index (Phi) is 5.36. The third kappa shape index (κ3) is 3.82. The number of piperidine rings is 1. The summed E-state index contributed by atoms with van der Waals surface area (Å²) in [4.78, 5) is 2.14. The Morgan fingerprint density at radius 3 is 2.71 bits per heavy atom. The van der Waals surface area contributed by atoms with Gasteiger partial charge in [-0.05, 0) is 49.6 Å². The second kappa shape index (κ2) is 6.86. The minimum absolute atomic E-state index is 0.0366. The average Bonchev–Trinajstić information content (AvgIpc) is 2.41. The first-order valence-corrected chi connectivity index (χ1v) is 7.76. The van der Waals surface area contributed by atoms with Crippen molar-refractivity contribution in [2.24, 2.45) is 5.41 Å².